The van der Waals surface area contributed by atoms with E-state index in [4.69, 9.17) is 0 Å². The van der Waals surface area contributed by atoms with Gasteiger partial charge in [0.2, 0.25) is 5.13 Å². The molecule has 0 radical (unpaired) electrons. The molecule has 0 atom stereocenters. The van der Waals surface area contributed by atoms with Gasteiger partial charge in [-0.25, -0.2) is 4.98 Å². The SMILES string of the molecule is CCc1c2c(=O)n(-c3nc4ccccc4s3)[nH]c2cc(=O)n1Cc1ccccn1. The Labute approximate surface area is 168 Å². The van der Waals surface area contributed by atoms with E-state index in [2.05, 4.69) is 15.1 Å². The van der Waals surface area contributed by atoms with Crippen LogP contribution in [0.4, 0.5) is 0 Å². The number of rotatable bonds is 4. The summed E-state index contributed by atoms with van der Waals surface area (Å²) in [6, 6.07) is 14.8. The fourth-order valence-electron chi connectivity index (χ4n) is 3.59. The van der Waals surface area contributed by atoms with Crippen molar-refractivity contribution in [3.63, 3.8) is 0 Å². The Hall–Kier alpha value is -3.52. The van der Waals surface area contributed by atoms with Crippen molar-refractivity contribution in [2.24, 2.45) is 0 Å². The van der Waals surface area contributed by atoms with E-state index in [1.807, 2.05) is 49.4 Å². The molecule has 7 nitrogen and oxygen atoms in total. The number of pyridine rings is 2. The number of aromatic nitrogens is 5. The highest BCUT2D eigenvalue weighted by Crippen LogP contribution is 2.24. The number of nitrogens with one attached hydrogen (secondary N) is 1. The van der Waals surface area contributed by atoms with Crippen LogP contribution in [0.15, 0.2) is 64.3 Å². The molecule has 0 saturated heterocycles. The maximum atomic E-state index is 13.3. The second kappa shape index (κ2) is 6.82. The molecule has 0 spiro atoms. The van der Waals surface area contributed by atoms with E-state index in [0.717, 1.165) is 15.9 Å². The molecule has 4 heterocycles. The molecule has 1 N–H and O–H groups in total. The first kappa shape index (κ1) is 17.6. The molecule has 5 aromatic rings. The minimum atomic E-state index is -0.203. The Bertz CT molecular complexity index is 1430. The van der Waals surface area contributed by atoms with Crippen LogP contribution in [-0.4, -0.2) is 24.3 Å². The smallest absolute Gasteiger partial charge is 0.282 e. The number of hydrogen-bond donors (Lipinski definition) is 1. The Morgan fingerprint density at radius 2 is 1.93 bits per heavy atom. The van der Waals surface area contributed by atoms with E-state index in [1.165, 1.54) is 22.1 Å². The molecule has 0 aliphatic carbocycles. The molecular weight excluding hydrogens is 386 g/mol. The van der Waals surface area contributed by atoms with Crippen LogP contribution in [0.1, 0.15) is 18.3 Å². The molecule has 1 aromatic carbocycles. The summed E-state index contributed by atoms with van der Waals surface area (Å²) in [6.45, 7) is 2.27. The number of thiazole rings is 1. The van der Waals surface area contributed by atoms with Gasteiger partial charge in [0, 0.05) is 18.0 Å². The van der Waals surface area contributed by atoms with Crippen LogP contribution >= 0.6 is 11.3 Å². The molecule has 0 amide bonds. The monoisotopic (exact) mass is 403 g/mol. The van der Waals surface area contributed by atoms with Gasteiger partial charge in [-0.3, -0.25) is 19.7 Å². The van der Waals surface area contributed by atoms with Gasteiger partial charge in [0.25, 0.3) is 11.1 Å². The van der Waals surface area contributed by atoms with Gasteiger partial charge in [-0.2, -0.15) is 4.68 Å². The predicted octanol–water partition coefficient (Wildman–Crippen LogP) is 3.10. The van der Waals surface area contributed by atoms with Gasteiger partial charge in [-0.15, -0.1) is 0 Å². The van der Waals surface area contributed by atoms with Crippen LogP contribution in [0, 0.1) is 0 Å². The molecule has 0 bridgehead atoms. The van der Waals surface area contributed by atoms with Gasteiger partial charge in [0.05, 0.1) is 33.4 Å². The third-order valence-electron chi connectivity index (χ3n) is 4.92. The Balaban J connectivity index is 1.72. The maximum Gasteiger partial charge on any atom is 0.282 e. The lowest BCUT2D eigenvalue weighted by molar-refractivity contribution is 0.701. The van der Waals surface area contributed by atoms with Crippen LogP contribution in [0.2, 0.25) is 0 Å². The zero-order valence-corrected chi connectivity index (χ0v) is 16.4. The Morgan fingerprint density at radius 1 is 1.10 bits per heavy atom. The minimum absolute atomic E-state index is 0.169. The standard InChI is InChI=1S/C21H17N5O2S/c1-2-16-19-15(11-18(27)25(16)12-13-7-5-6-10-22-13)24-26(20(19)28)21-23-14-8-3-4-9-17(14)29-21/h3-11,24H,2,12H2,1H3. The molecule has 0 aliphatic rings. The van der Waals surface area contributed by atoms with Gasteiger partial charge in [-0.1, -0.05) is 36.5 Å². The summed E-state index contributed by atoms with van der Waals surface area (Å²) in [5.74, 6) is 0. The molecule has 8 heteroatoms. The predicted molar refractivity (Wildman–Crippen MR) is 114 cm³/mol. The quantitative estimate of drug-likeness (QED) is 0.500. The topological polar surface area (TPSA) is 85.6 Å². The van der Waals surface area contributed by atoms with Gasteiger partial charge < -0.3 is 4.57 Å². The van der Waals surface area contributed by atoms with E-state index in [9.17, 15) is 9.59 Å². The molecule has 0 unspecified atom stereocenters. The minimum Gasteiger partial charge on any atom is -0.306 e. The van der Waals surface area contributed by atoms with Crippen LogP contribution < -0.4 is 11.1 Å². The first-order valence-corrected chi connectivity index (χ1v) is 10.1. The highest BCUT2D eigenvalue weighted by atomic mass is 32.1. The maximum absolute atomic E-state index is 13.3. The van der Waals surface area contributed by atoms with Gasteiger partial charge in [0.1, 0.15) is 0 Å². The van der Waals surface area contributed by atoms with Crippen molar-refractivity contribution in [2.45, 2.75) is 19.9 Å². The molecule has 144 valence electrons. The number of nitrogens with zero attached hydrogens (tertiary/aromatic N) is 4. The fourth-order valence-corrected chi connectivity index (χ4v) is 4.52. The van der Waals surface area contributed by atoms with Crippen LogP contribution in [-0.2, 0) is 13.0 Å². The van der Waals surface area contributed by atoms with E-state index in [-0.39, 0.29) is 11.1 Å². The van der Waals surface area contributed by atoms with Crippen molar-refractivity contribution < 1.29 is 0 Å². The second-order valence-corrected chi connectivity index (χ2v) is 7.70. The normalized spacial score (nSPS) is 11.5. The average Bonchev–Trinajstić information content (AvgIpc) is 3.30. The summed E-state index contributed by atoms with van der Waals surface area (Å²) >= 11 is 1.43. The molecule has 5 rings (SSSR count). The largest absolute Gasteiger partial charge is 0.306 e. The van der Waals surface area contributed by atoms with Crippen molar-refractivity contribution in [1.29, 1.82) is 0 Å². The Kier molecular flexibility index (Phi) is 4.13. The van der Waals surface area contributed by atoms with E-state index < -0.39 is 0 Å². The zero-order valence-electron chi connectivity index (χ0n) is 15.6. The Morgan fingerprint density at radius 3 is 2.69 bits per heavy atom. The van der Waals surface area contributed by atoms with Crippen molar-refractivity contribution in [1.82, 2.24) is 24.3 Å². The number of fused-ring (bicyclic) bond motifs is 2. The molecule has 0 aliphatic heterocycles. The van der Waals surface area contributed by atoms with Crippen molar-refractivity contribution in [3.05, 3.63) is 86.8 Å². The van der Waals surface area contributed by atoms with Crippen LogP contribution in [0.5, 0.6) is 0 Å². The first-order chi connectivity index (χ1) is 14.2. The lowest BCUT2D eigenvalue weighted by atomic mass is 10.2. The number of H-pyrrole nitrogens is 1. The van der Waals surface area contributed by atoms with Crippen molar-refractivity contribution in [3.8, 4) is 5.13 Å². The number of hydrogen-bond acceptors (Lipinski definition) is 5. The number of para-hydroxylation sites is 1. The lowest BCUT2D eigenvalue weighted by Crippen LogP contribution is -2.25. The summed E-state index contributed by atoms with van der Waals surface area (Å²) in [5, 5.41) is 4.14. The van der Waals surface area contributed by atoms with Gasteiger partial charge >= 0.3 is 0 Å². The molecular formula is C21H17N5O2S. The average molecular weight is 403 g/mol. The van der Waals surface area contributed by atoms with E-state index in [1.54, 1.807) is 10.8 Å². The third kappa shape index (κ3) is 2.89. The van der Waals surface area contributed by atoms with E-state index >= 15 is 0 Å². The first-order valence-electron chi connectivity index (χ1n) is 9.29. The van der Waals surface area contributed by atoms with Crippen molar-refractivity contribution in [2.75, 3.05) is 0 Å². The number of benzene rings is 1. The molecule has 4 aromatic heterocycles. The number of aromatic amines is 1. The summed E-state index contributed by atoms with van der Waals surface area (Å²) in [4.78, 5) is 34.9. The van der Waals surface area contributed by atoms with Gasteiger partial charge in [-0.05, 0) is 30.7 Å². The zero-order chi connectivity index (χ0) is 20.0. The highest BCUT2D eigenvalue weighted by Gasteiger charge is 2.18. The molecule has 29 heavy (non-hydrogen) atoms. The van der Waals surface area contributed by atoms with Crippen molar-refractivity contribution >= 4 is 32.5 Å². The highest BCUT2D eigenvalue weighted by molar-refractivity contribution is 7.20. The van der Waals surface area contributed by atoms with Gasteiger partial charge in [0.15, 0.2) is 0 Å². The fraction of sp³-hybridized carbons (Fsp3) is 0.143. The summed E-state index contributed by atoms with van der Waals surface area (Å²) in [6.07, 6.45) is 2.24. The molecule has 0 saturated carbocycles. The van der Waals surface area contributed by atoms with E-state index in [0.29, 0.717) is 34.7 Å². The summed E-state index contributed by atoms with van der Waals surface area (Å²) in [5.41, 5.74) is 2.45. The molecule has 0 fully saturated rings. The van der Waals surface area contributed by atoms with Crippen LogP contribution in [0.3, 0.4) is 0 Å². The lowest BCUT2D eigenvalue weighted by Gasteiger charge is -2.11. The third-order valence-corrected chi connectivity index (χ3v) is 5.94. The van der Waals surface area contributed by atoms with Crippen LogP contribution in [0.25, 0.3) is 26.3 Å². The second-order valence-electron chi connectivity index (χ2n) is 6.70. The summed E-state index contributed by atoms with van der Waals surface area (Å²) in [7, 11) is 0. The summed E-state index contributed by atoms with van der Waals surface area (Å²) < 4.78 is 4.06. The number of aryl methyl sites for hydroxylation is 1.